The number of fused-ring (bicyclic) bond motifs is 1. The number of nitro groups is 1. The number of benzene rings is 1. The number of carboxylic acids is 1. The monoisotopic (exact) mass is 900 g/mol. The zero-order valence-corrected chi connectivity index (χ0v) is 35.4. The number of quaternary nitrogens is 1. The van der Waals surface area contributed by atoms with E-state index in [4.69, 9.17) is 52.3 Å². The summed E-state index contributed by atoms with van der Waals surface area (Å²) in [6.45, 7) is 3.01. The molecule has 3 aliphatic heterocycles. The molecular formula is C37H45Cl2F3N10O9. The SMILES string of the molecule is COc1cc(OC)c(Cl)c(N2Cc3cnc(NC4CCOCC4)nc3N(C3CCN(C(=O)/C=C/C[N+](C)(C)Cc4c([N+](=O)[O-])ncn4C)CC3)C2=O)c1Cl.O=C([O-])C(F)(F)F. The average molecular weight is 902 g/mol. The fourth-order valence-electron chi connectivity index (χ4n) is 7.02. The molecule has 61 heavy (non-hydrogen) atoms. The van der Waals surface area contributed by atoms with E-state index in [2.05, 4.69) is 15.3 Å². The van der Waals surface area contributed by atoms with Gasteiger partial charge in [0.2, 0.25) is 18.2 Å². The van der Waals surface area contributed by atoms with Crippen LogP contribution < -0.4 is 29.7 Å². The minimum absolute atomic E-state index is 0.100. The highest BCUT2D eigenvalue weighted by Gasteiger charge is 2.41. The first-order valence-corrected chi connectivity index (χ1v) is 19.6. The van der Waals surface area contributed by atoms with Gasteiger partial charge in [-0.1, -0.05) is 23.2 Å². The number of alkyl halides is 3. The lowest BCUT2D eigenvalue weighted by Gasteiger charge is -2.43. The number of hydrogen-bond acceptors (Lipinski definition) is 13. The summed E-state index contributed by atoms with van der Waals surface area (Å²) in [5, 5.41) is 24.0. The minimum Gasteiger partial charge on any atom is -0.542 e. The maximum atomic E-state index is 14.7. The van der Waals surface area contributed by atoms with Crippen molar-refractivity contribution in [3.05, 3.63) is 62.2 Å². The summed E-state index contributed by atoms with van der Waals surface area (Å²) in [6, 6.07) is 1.02. The highest BCUT2D eigenvalue weighted by atomic mass is 35.5. The van der Waals surface area contributed by atoms with Crippen LogP contribution in [0.2, 0.25) is 10.0 Å². The molecule has 5 heterocycles. The first-order chi connectivity index (χ1) is 28.8. The number of imidazole rings is 1. The van der Waals surface area contributed by atoms with E-state index in [1.165, 1.54) is 25.4 Å². The number of aliphatic carboxylic acids is 1. The van der Waals surface area contributed by atoms with Gasteiger partial charge in [-0.25, -0.2) is 9.78 Å². The number of methoxy groups -OCH3 is 2. The zero-order valence-electron chi connectivity index (χ0n) is 33.9. The first kappa shape index (κ1) is 46.6. The van der Waals surface area contributed by atoms with E-state index >= 15 is 0 Å². The summed E-state index contributed by atoms with van der Waals surface area (Å²) in [7, 11) is 8.54. The third kappa shape index (κ3) is 11.1. The topological polar surface area (TPSA) is 210 Å². The molecule has 6 rings (SSSR count). The number of aryl methyl sites for hydroxylation is 1. The molecule has 0 spiro atoms. The van der Waals surface area contributed by atoms with Crippen molar-refractivity contribution < 1.29 is 56.3 Å². The lowest BCUT2D eigenvalue weighted by molar-refractivity contribution is -0.898. The van der Waals surface area contributed by atoms with Crippen molar-refractivity contribution >= 4 is 64.4 Å². The Kier molecular flexibility index (Phi) is 14.9. The number of hydrogen-bond donors (Lipinski definition) is 1. The number of likely N-dealkylation sites (N-methyl/N-ethyl adjacent to an activating group) is 1. The van der Waals surface area contributed by atoms with Gasteiger partial charge in [0.1, 0.15) is 39.9 Å². The largest absolute Gasteiger partial charge is 0.542 e. The van der Waals surface area contributed by atoms with Crippen LogP contribution in [0.5, 0.6) is 11.5 Å². The van der Waals surface area contributed by atoms with E-state index in [1.54, 1.807) is 45.8 Å². The van der Waals surface area contributed by atoms with E-state index in [0.29, 0.717) is 91.2 Å². The van der Waals surface area contributed by atoms with Gasteiger partial charge in [-0.3, -0.25) is 14.6 Å². The van der Waals surface area contributed by atoms with Crippen molar-refractivity contribution in [3.63, 3.8) is 0 Å². The number of aromatic nitrogens is 4. The molecule has 0 saturated carbocycles. The third-order valence-electron chi connectivity index (χ3n) is 10.2. The van der Waals surface area contributed by atoms with Crippen LogP contribution >= 0.6 is 23.2 Å². The molecule has 332 valence electrons. The van der Waals surface area contributed by atoms with Gasteiger partial charge in [-0.05, 0) is 41.7 Å². The Hall–Kier alpha value is -5.45. The zero-order chi connectivity index (χ0) is 44.8. The molecule has 3 amide bonds. The Morgan fingerprint density at radius 3 is 2.25 bits per heavy atom. The second-order valence-corrected chi connectivity index (χ2v) is 15.7. The van der Waals surface area contributed by atoms with Crippen molar-refractivity contribution in [2.45, 2.75) is 57.0 Å². The number of amides is 3. The predicted octanol–water partition coefficient (Wildman–Crippen LogP) is 4.10. The molecule has 19 nitrogen and oxygen atoms in total. The number of nitrogens with one attached hydrogen (secondary N) is 1. The van der Waals surface area contributed by atoms with E-state index in [1.807, 2.05) is 14.1 Å². The number of carbonyl (C=O) groups is 3. The molecule has 2 aromatic heterocycles. The Labute approximate surface area is 358 Å². The summed E-state index contributed by atoms with van der Waals surface area (Å²) in [5.41, 5.74) is 1.45. The molecule has 24 heteroatoms. The molecule has 0 atom stereocenters. The van der Waals surface area contributed by atoms with Gasteiger partial charge in [0, 0.05) is 69.3 Å². The lowest BCUT2D eigenvalue weighted by Crippen LogP contribution is -2.55. The molecule has 2 saturated heterocycles. The Balaban J connectivity index is 0.000000925. The van der Waals surface area contributed by atoms with Crippen LogP contribution in [0.1, 0.15) is 36.9 Å². The molecular weight excluding hydrogens is 856 g/mol. The van der Waals surface area contributed by atoms with Crippen molar-refractivity contribution in [1.82, 2.24) is 24.4 Å². The maximum Gasteiger partial charge on any atom is 0.430 e. The van der Waals surface area contributed by atoms with Gasteiger partial charge in [0.25, 0.3) is 0 Å². The molecule has 2 fully saturated rings. The number of carboxylic acid groups (broad SMARTS) is 1. The van der Waals surface area contributed by atoms with Crippen LogP contribution in [-0.2, 0) is 34.5 Å². The molecule has 1 N–H and O–H groups in total. The van der Waals surface area contributed by atoms with E-state index < -0.39 is 17.1 Å². The van der Waals surface area contributed by atoms with Gasteiger partial charge in [-0.2, -0.15) is 18.2 Å². The number of nitrogens with zero attached hydrogens (tertiary/aromatic N) is 9. The molecule has 3 aromatic rings. The van der Waals surface area contributed by atoms with Crippen molar-refractivity contribution in [1.29, 1.82) is 0 Å². The number of anilines is 3. The van der Waals surface area contributed by atoms with E-state index in [-0.39, 0.29) is 52.1 Å². The van der Waals surface area contributed by atoms with E-state index in [9.17, 15) is 32.9 Å². The molecule has 0 unspecified atom stereocenters. The smallest absolute Gasteiger partial charge is 0.430 e. The Morgan fingerprint density at radius 2 is 1.69 bits per heavy atom. The van der Waals surface area contributed by atoms with Gasteiger partial charge in [0.05, 0.1) is 47.1 Å². The van der Waals surface area contributed by atoms with Crippen LogP contribution in [0.3, 0.4) is 0 Å². The normalized spacial score (nSPS) is 16.6. The summed E-state index contributed by atoms with van der Waals surface area (Å²) in [4.78, 5) is 66.1. The molecule has 0 radical (unpaired) electrons. The quantitative estimate of drug-likeness (QED) is 0.118. The van der Waals surface area contributed by atoms with Crippen LogP contribution in [0.4, 0.5) is 41.2 Å². The summed E-state index contributed by atoms with van der Waals surface area (Å²) >= 11 is 13.6. The first-order valence-electron chi connectivity index (χ1n) is 18.9. The third-order valence-corrected chi connectivity index (χ3v) is 11.0. The number of halogens is 5. The average Bonchev–Trinajstić information content (AvgIpc) is 3.57. The Bertz CT molecular complexity index is 2110. The van der Waals surface area contributed by atoms with Crippen LogP contribution in [0.15, 0.2) is 30.7 Å². The van der Waals surface area contributed by atoms with Gasteiger partial charge in [-0.15, -0.1) is 0 Å². The standard InChI is InChI=1S/C35H45Cl2N10O7.C2HF3O2/c1-42-21-39-33(46(50)51)25(42)20-47(2,3)14-6-7-28(48)43-12-8-24(9-13-43)45-32-22(18-38-34(41-32)40-23-10-15-54-16-11-23)19-44(35(45)49)31-29(36)26(52-4)17-27(53-5)30(31)37;3-2(4,5)1(6)7/h6-7,17-18,21,23-24H,8-16,19-20H2,1-5H3,(H,38,40,41);(H,6,7)/q+1;/p-1/b7-6+;. The predicted molar refractivity (Wildman–Crippen MR) is 213 cm³/mol. The number of carbonyl (C=O) groups excluding carboxylic acids is 3. The molecule has 0 aliphatic carbocycles. The van der Waals surface area contributed by atoms with Crippen LogP contribution in [-0.4, -0.2) is 131 Å². The van der Waals surface area contributed by atoms with Crippen molar-refractivity contribution in [3.8, 4) is 11.5 Å². The maximum absolute atomic E-state index is 14.7. The fourth-order valence-corrected chi connectivity index (χ4v) is 7.73. The number of likely N-dealkylation sites (tertiary alicyclic amines) is 1. The van der Waals surface area contributed by atoms with Crippen LogP contribution in [0.25, 0.3) is 0 Å². The van der Waals surface area contributed by atoms with Crippen molar-refractivity contribution in [2.24, 2.45) is 7.05 Å². The highest BCUT2D eigenvalue weighted by molar-refractivity contribution is 6.42. The summed E-state index contributed by atoms with van der Waals surface area (Å²) < 4.78 is 50.1. The summed E-state index contributed by atoms with van der Waals surface area (Å²) in [6.07, 6.45) is 3.89. The molecule has 1 aromatic carbocycles. The number of urea groups is 1. The molecule has 0 bridgehead atoms. The van der Waals surface area contributed by atoms with Crippen LogP contribution in [0, 0.1) is 10.1 Å². The number of rotatable bonds is 12. The van der Waals surface area contributed by atoms with Gasteiger partial charge in [0.15, 0.2) is 5.69 Å². The highest BCUT2D eigenvalue weighted by Crippen LogP contribution is 2.48. The van der Waals surface area contributed by atoms with Gasteiger partial charge >= 0.3 is 18.0 Å². The summed E-state index contributed by atoms with van der Waals surface area (Å²) in [5.74, 6) is -1.83. The van der Waals surface area contributed by atoms with Crippen molar-refractivity contribution in [2.75, 3.05) is 76.3 Å². The Morgan fingerprint density at radius 1 is 1.08 bits per heavy atom. The number of ether oxygens (including phenoxy) is 3. The van der Waals surface area contributed by atoms with E-state index in [0.717, 1.165) is 12.8 Å². The number of piperidine rings is 1. The molecule has 3 aliphatic rings. The fraction of sp³-hybridized carbons (Fsp3) is 0.514. The lowest BCUT2D eigenvalue weighted by atomic mass is 10.0. The van der Waals surface area contributed by atoms with Gasteiger partial charge < -0.3 is 53.5 Å². The second-order valence-electron chi connectivity index (χ2n) is 15.0. The second kappa shape index (κ2) is 19.5. The minimum atomic E-state index is -5.19.